The first kappa shape index (κ1) is 15.4. The lowest BCUT2D eigenvalue weighted by atomic mass is 9.93. The van der Waals surface area contributed by atoms with E-state index in [2.05, 4.69) is 18.7 Å². The van der Waals surface area contributed by atoms with Crippen molar-refractivity contribution in [3.63, 3.8) is 0 Å². The number of ether oxygens (including phenoxy) is 1. The fourth-order valence-corrected chi connectivity index (χ4v) is 2.93. The SMILES string of the molecule is CCC(N)C(c1ccccc1F)N1CCOC(C)(C)C1. The number of nitrogens with two attached hydrogens (primary N) is 1. The van der Waals surface area contributed by atoms with Crippen LogP contribution in [0.25, 0.3) is 0 Å². The molecule has 0 amide bonds. The van der Waals surface area contributed by atoms with Crippen LogP contribution in [0.5, 0.6) is 0 Å². The van der Waals surface area contributed by atoms with Gasteiger partial charge in [0.2, 0.25) is 0 Å². The van der Waals surface area contributed by atoms with Crippen LogP contribution in [0.3, 0.4) is 0 Å². The van der Waals surface area contributed by atoms with Crippen molar-refractivity contribution in [1.82, 2.24) is 4.90 Å². The average molecular weight is 280 g/mol. The van der Waals surface area contributed by atoms with E-state index < -0.39 is 0 Å². The predicted octanol–water partition coefficient (Wildman–Crippen LogP) is 2.71. The molecule has 2 unspecified atom stereocenters. The molecule has 0 radical (unpaired) electrons. The van der Waals surface area contributed by atoms with Gasteiger partial charge in [0.05, 0.1) is 18.2 Å². The lowest BCUT2D eigenvalue weighted by molar-refractivity contribution is -0.100. The Hall–Kier alpha value is -0.970. The third-order valence-electron chi connectivity index (χ3n) is 3.95. The summed E-state index contributed by atoms with van der Waals surface area (Å²) in [6, 6.07) is 6.77. The van der Waals surface area contributed by atoms with E-state index in [4.69, 9.17) is 10.5 Å². The van der Waals surface area contributed by atoms with Crippen LogP contribution in [0.1, 0.15) is 38.8 Å². The summed E-state index contributed by atoms with van der Waals surface area (Å²) in [4.78, 5) is 2.26. The molecule has 1 fully saturated rings. The summed E-state index contributed by atoms with van der Waals surface area (Å²) in [6.45, 7) is 8.39. The van der Waals surface area contributed by atoms with E-state index in [1.54, 1.807) is 6.07 Å². The van der Waals surface area contributed by atoms with E-state index in [0.29, 0.717) is 12.2 Å². The predicted molar refractivity (Wildman–Crippen MR) is 79.0 cm³/mol. The summed E-state index contributed by atoms with van der Waals surface area (Å²) in [5, 5.41) is 0. The number of nitrogens with zero attached hydrogens (tertiary/aromatic N) is 1. The van der Waals surface area contributed by atoms with Crippen molar-refractivity contribution in [2.45, 2.75) is 44.9 Å². The summed E-state index contributed by atoms with van der Waals surface area (Å²) >= 11 is 0. The van der Waals surface area contributed by atoms with Gasteiger partial charge in [-0.15, -0.1) is 0 Å². The number of hydrogen-bond acceptors (Lipinski definition) is 3. The van der Waals surface area contributed by atoms with Gasteiger partial charge in [0, 0.05) is 24.7 Å². The second kappa shape index (κ2) is 6.20. The molecule has 2 rings (SSSR count). The quantitative estimate of drug-likeness (QED) is 0.921. The summed E-state index contributed by atoms with van der Waals surface area (Å²) in [5.74, 6) is -0.175. The van der Waals surface area contributed by atoms with Gasteiger partial charge in [-0.1, -0.05) is 25.1 Å². The molecule has 0 saturated carbocycles. The second-order valence-electron chi connectivity index (χ2n) is 6.12. The van der Waals surface area contributed by atoms with E-state index in [-0.39, 0.29) is 23.5 Å². The van der Waals surface area contributed by atoms with Gasteiger partial charge in [-0.05, 0) is 26.3 Å². The molecule has 3 nitrogen and oxygen atoms in total. The zero-order valence-corrected chi connectivity index (χ0v) is 12.6. The molecule has 1 heterocycles. The largest absolute Gasteiger partial charge is 0.373 e. The van der Waals surface area contributed by atoms with Crippen LogP contribution in [0.15, 0.2) is 24.3 Å². The lowest BCUT2D eigenvalue weighted by Gasteiger charge is -2.44. The van der Waals surface area contributed by atoms with Crippen molar-refractivity contribution in [2.75, 3.05) is 19.7 Å². The molecule has 2 atom stereocenters. The maximum Gasteiger partial charge on any atom is 0.128 e. The van der Waals surface area contributed by atoms with Gasteiger partial charge < -0.3 is 10.5 Å². The van der Waals surface area contributed by atoms with Crippen LogP contribution in [0, 0.1) is 5.82 Å². The first-order valence-electron chi connectivity index (χ1n) is 7.32. The van der Waals surface area contributed by atoms with E-state index in [1.165, 1.54) is 6.07 Å². The zero-order chi connectivity index (χ0) is 14.8. The van der Waals surface area contributed by atoms with Gasteiger partial charge in [-0.25, -0.2) is 4.39 Å². The minimum absolute atomic E-state index is 0.0826. The van der Waals surface area contributed by atoms with Gasteiger partial charge in [0.1, 0.15) is 5.82 Å². The van der Waals surface area contributed by atoms with Crippen LogP contribution in [-0.4, -0.2) is 36.2 Å². The standard InChI is InChI=1S/C16H25FN2O/c1-4-14(18)15(12-7-5-6-8-13(12)17)19-9-10-20-16(2,3)11-19/h5-8,14-15H,4,9-11,18H2,1-3H3. The normalized spacial score (nSPS) is 22.4. The zero-order valence-electron chi connectivity index (χ0n) is 12.6. The Morgan fingerprint density at radius 2 is 2.10 bits per heavy atom. The highest BCUT2D eigenvalue weighted by atomic mass is 19.1. The molecule has 20 heavy (non-hydrogen) atoms. The van der Waals surface area contributed by atoms with Crippen LogP contribution in [0.4, 0.5) is 4.39 Å². The number of hydrogen-bond donors (Lipinski definition) is 1. The monoisotopic (exact) mass is 280 g/mol. The number of morpholine rings is 1. The minimum Gasteiger partial charge on any atom is -0.373 e. The molecule has 4 heteroatoms. The van der Waals surface area contributed by atoms with Crippen LogP contribution in [0.2, 0.25) is 0 Å². The highest BCUT2D eigenvalue weighted by Gasteiger charge is 2.35. The van der Waals surface area contributed by atoms with Gasteiger partial charge >= 0.3 is 0 Å². The maximum absolute atomic E-state index is 14.2. The molecule has 0 bridgehead atoms. The van der Waals surface area contributed by atoms with Gasteiger partial charge in [-0.2, -0.15) is 0 Å². The summed E-state index contributed by atoms with van der Waals surface area (Å²) in [5.41, 5.74) is 6.77. The third-order valence-corrected chi connectivity index (χ3v) is 3.95. The highest BCUT2D eigenvalue weighted by Crippen LogP contribution is 2.31. The van der Waals surface area contributed by atoms with E-state index >= 15 is 0 Å². The lowest BCUT2D eigenvalue weighted by Crippen LogP contribution is -2.53. The Balaban J connectivity index is 2.31. The number of benzene rings is 1. The van der Waals surface area contributed by atoms with Crippen molar-refractivity contribution in [3.8, 4) is 0 Å². The van der Waals surface area contributed by atoms with E-state index in [0.717, 1.165) is 19.5 Å². The molecule has 2 N–H and O–H groups in total. The number of halogens is 1. The third kappa shape index (κ3) is 3.37. The minimum atomic E-state index is -0.213. The van der Waals surface area contributed by atoms with Crippen molar-refractivity contribution >= 4 is 0 Å². The van der Waals surface area contributed by atoms with Crippen LogP contribution < -0.4 is 5.73 Å². The molecule has 1 aliphatic heterocycles. The smallest absolute Gasteiger partial charge is 0.128 e. The summed E-state index contributed by atoms with van der Waals surface area (Å²) < 4.78 is 19.9. The van der Waals surface area contributed by atoms with Gasteiger partial charge in [-0.3, -0.25) is 4.90 Å². The second-order valence-corrected chi connectivity index (χ2v) is 6.12. The summed E-state index contributed by atoms with van der Waals surface area (Å²) in [7, 11) is 0. The first-order chi connectivity index (χ1) is 9.44. The summed E-state index contributed by atoms with van der Waals surface area (Å²) in [6.07, 6.45) is 0.816. The molecule has 112 valence electrons. The molecule has 1 aliphatic rings. The Labute approximate surface area is 120 Å². The van der Waals surface area contributed by atoms with E-state index in [9.17, 15) is 4.39 Å². The molecule has 0 spiro atoms. The molecule has 1 aromatic rings. The fraction of sp³-hybridized carbons (Fsp3) is 0.625. The van der Waals surface area contributed by atoms with Crippen molar-refractivity contribution < 1.29 is 9.13 Å². The van der Waals surface area contributed by atoms with Crippen molar-refractivity contribution in [3.05, 3.63) is 35.6 Å². The molecule has 1 saturated heterocycles. The van der Waals surface area contributed by atoms with Crippen molar-refractivity contribution in [2.24, 2.45) is 5.73 Å². The Kier molecular flexibility index (Phi) is 4.78. The Morgan fingerprint density at radius 1 is 1.40 bits per heavy atom. The highest BCUT2D eigenvalue weighted by molar-refractivity contribution is 5.23. The molecular weight excluding hydrogens is 255 g/mol. The first-order valence-corrected chi connectivity index (χ1v) is 7.32. The van der Waals surface area contributed by atoms with Crippen molar-refractivity contribution in [1.29, 1.82) is 0 Å². The topological polar surface area (TPSA) is 38.5 Å². The van der Waals surface area contributed by atoms with Crippen LogP contribution in [-0.2, 0) is 4.74 Å². The Bertz CT molecular complexity index is 450. The average Bonchev–Trinajstić information content (AvgIpc) is 2.40. The van der Waals surface area contributed by atoms with Gasteiger partial charge in [0.15, 0.2) is 0 Å². The fourth-order valence-electron chi connectivity index (χ4n) is 2.93. The molecule has 0 aromatic heterocycles. The Morgan fingerprint density at radius 3 is 2.70 bits per heavy atom. The number of rotatable bonds is 4. The maximum atomic E-state index is 14.2. The molecule has 0 aliphatic carbocycles. The molecule has 1 aromatic carbocycles. The molecular formula is C16H25FN2O. The van der Waals surface area contributed by atoms with Crippen LogP contribution >= 0.6 is 0 Å². The van der Waals surface area contributed by atoms with Gasteiger partial charge in [0.25, 0.3) is 0 Å². The van der Waals surface area contributed by atoms with E-state index in [1.807, 2.05) is 19.1 Å².